The zero-order valence-corrected chi connectivity index (χ0v) is 28.6. The lowest BCUT2D eigenvalue weighted by Crippen LogP contribution is -2.49. The van der Waals surface area contributed by atoms with Crippen LogP contribution in [0.2, 0.25) is 0 Å². The average Bonchev–Trinajstić information content (AvgIpc) is 3.06. The Balaban J connectivity index is 0.000000281. The van der Waals surface area contributed by atoms with Gasteiger partial charge in [-0.1, -0.05) is 51.5 Å². The molecule has 0 spiro atoms. The van der Waals surface area contributed by atoms with Crippen LogP contribution in [0.15, 0.2) is 47.3 Å². The molecule has 2 fully saturated rings. The van der Waals surface area contributed by atoms with Gasteiger partial charge < -0.3 is 24.3 Å². The quantitative estimate of drug-likeness (QED) is 0.402. The van der Waals surface area contributed by atoms with Gasteiger partial charge in [0, 0.05) is 64.2 Å². The smallest absolute Gasteiger partial charge is 0.410 e. The van der Waals surface area contributed by atoms with E-state index in [4.69, 9.17) is 4.74 Å². The van der Waals surface area contributed by atoms with Gasteiger partial charge in [-0.3, -0.25) is 14.4 Å². The number of aromatic amines is 1. The van der Waals surface area contributed by atoms with Crippen LogP contribution < -0.4 is 5.56 Å². The first-order valence-electron chi connectivity index (χ1n) is 16.3. The third-order valence-corrected chi connectivity index (χ3v) is 7.63. The van der Waals surface area contributed by atoms with Gasteiger partial charge in [0.2, 0.25) is 6.41 Å². The lowest BCUT2D eigenvalue weighted by Gasteiger charge is -2.35. The van der Waals surface area contributed by atoms with E-state index in [0.29, 0.717) is 49.2 Å². The molecule has 1 N–H and O–H groups in total. The number of benzene rings is 2. The first-order chi connectivity index (χ1) is 22.4. The van der Waals surface area contributed by atoms with Crippen molar-refractivity contribution in [2.75, 3.05) is 58.9 Å². The maximum absolute atomic E-state index is 14.4. The van der Waals surface area contributed by atoms with Gasteiger partial charge in [0.05, 0.1) is 16.6 Å². The number of fused-ring (bicyclic) bond motifs is 1. The Morgan fingerprint density at radius 2 is 1.51 bits per heavy atom. The molecule has 0 unspecified atom stereocenters. The molecular weight excluding hydrogens is 603 g/mol. The van der Waals surface area contributed by atoms with E-state index in [1.807, 2.05) is 32.9 Å². The Kier molecular flexibility index (Phi) is 13.9. The molecule has 2 aliphatic rings. The molecule has 3 heterocycles. The number of ether oxygens (including phenoxy) is 1. The topological polar surface area (TPSA) is 119 Å². The predicted octanol–water partition coefficient (Wildman–Crippen LogP) is 4.54. The van der Waals surface area contributed by atoms with Crippen LogP contribution >= 0.6 is 0 Å². The van der Waals surface area contributed by atoms with Gasteiger partial charge in [0.15, 0.2) is 0 Å². The van der Waals surface area contributed by atoms with Gasteiger partial charge in [-0.25, -0.2) is 14.3 Å². The van der Waals surface area contributed by atoms with E-state index in [1.165, 1.54) is 18.6 Å². The largest absolute Gasteiger partial charge is 0.444 e. The molecule has 2 aromatic carbocycles. The van der Waals surface area contributed by atoms with Gasteiger partial charge in [-0.05, 0) is 51.1 Å². The molecule has 11 nitrogen and oxygen atoms in total. The maximum atomic E-state index is 14.4. The van der Waals surface area contributed by atoms with Crippen molar-refractivity contribution in [1.29, 1.82) is 0 Å². The monoisotopic (exact) mass is 652 g/mol. The molecule has 3 amide bonds. The number of hydrogen-bond donors (Lipinski definition) is 1. The number of hydrogen-bond acceptors (Lipinski definition) is 7. The van der Waals surface area contributed by atoms with E-state index in [2.05, 4.69) is 35.9 Å². The van der Waals surface area contributed by atoms with Crippen molar-refractivity contribution in [2.45, 2.75) is 60.0 Å². The fourth-order valence-corrected chi connectivity index (χ4v) is 5.12. The Labute approximate surface area is 276 Å². The highest BCUT2D eigenvalue weighted by Crippen LogP contribution is 2.20. The molecule has 0 bridgehead atoms. The minimum Gasteiger partial charge on any atom is -0.444 e. The molecule has 2 aliphatic heterocycles. The summed E-state index contributed by atoms with van der Waals surface area (Å²) in [5.41, 5.74) is 0.694. The standard InChI is InChI=1S/C21H19FN4O3.C11H22N2O2.C3H8/c22-18-6-5-14(11-17(18)21(29)26-9-7-25(13-27)8-10-26)12-19-15-3-1-2-4-16(15)20(28)24-23-19;1-5-12-6-8-13(9-7-12)10(14)15-11(2,3)4;1-3-2/h1-6,11,13H,7-10,12H2,(H,24,28);5-9H2,1-4H3;3H2,1-2H3. The number of carbonyl (C=O) groups is 3. The van der Waals surface area contributed by atoms with Crippen LogP contribution in [0, 0.1) is 5.82 Å². The number of rotatable bonds is 5. The first kappa shape index (κ1) is 37.1. The Morgan fingerprint density at radius 3 is 2.09 bits per heavy atom. The van der Waals surface area contributed by atoms with Crippen molar-refractivity contribution in [3.05, 3.63) is 75.5 Å². The molecule has 256 valence electrons. The van der Waals surface area contributed by atoms with Crippen LogP contribution in [-0.2, 0) is 16.0 Å². The van der Waals surface area contributed by atoms with Crippen LogP contribution in [-0.4, -0.2) is 113 Å². The summed E-state index contributed by atoms with van der Waals surface area (Å²) in [4.78, 5) is 54.5. The van der Waals surface area contributed by atoms with Gasteiger partial charge in [0.1, 0.15) is 11.4 Å². The highest BCUT2D eigenvalue weighted by atomic mass is 19.1. The lowest BCUT2D eigenvalue weighted by atomic mass is 10.0. The van der Waals surface area contributed by atoms with Crippen LogP contribution in [0.1, 0.15) is 69.6 Å². The third kappa shape index (κ3) is 10.9. The SMILES string of the molecule is CCC.CCN1CCN(C(=O)OC(C)(C)C)CC1.O=CN1CCN(C(=O)c2cc(Cc3n[nH]c(=O)c4ccccc34)ccc2F)CC1. The van der Waals surface area contributed by atoms with Gasteiger partial charge >= 0.3 is 6.09 Å². The molecule has 47 heavy (non-hydrogen) atoms. The molecule has 0 atom stereocenters. The van der Waals surface area contributed by atoms with Crippen molar-refractivity contribution in [3.63, 3.8) is 0 Å². The fraction of sp³-hybridized carbons (Fsp3) is 0.514. The number of aromatic nitrogens is 2. The summed E-state index contributed by atoms with van der Waals surface area (Å²) in [5, 5.41) is 7.88. The van der Waals surface area contributed by atoms with E-state index in [-0.39, 0.29) is 22.8 Å². The predicted molar refractivity (Wildman–Crippen MR) is 181 cm³/mol. The normalized spacial score (nSPS) is 15.3. The van der Waals surface area contributed by atoms with Crippen molar-refractivity contribution in [3.8, 4) is 0 Å². The first-order valence-corrected chi connectivity index (χ1v) is 16.3. The van der Waals surface area contributed by atoms with E-state index in [9.17, 15) is 23.6 Å². The van der Waals surface area contributed by atoms with Crippen molar-refractivity contribution in [1.82, 2.24) is 29.8 Å². The van der Waals surface area contributed by atoms with Crippen LogP contribution in [0.25, 0.3) is 10.8 Å². The summed E-state index contributed by atoms with van der Waals surface area (Å²) in [5.74, 6) is -0.981. The molecule has 3 aromatic rings. The summed E-state index contributed by atoms with van der Waals surface area (Å²) in [6.07, 6.45) is 2.17. The summed E-state index contributed by atoms with van der Waals surface area (Å²) in [6, 6.07) is 11.6. The number of nitrogens with zero attached hydrogens (tertiary/aromatic N) is 5. The fourth-order valence-electron chi connectivity index (χ4n) is 5.12. The van der Waals surface area contributed by atoms with Crippen molar-refractivity contribution >= 4 is 29.2 Å². The Hall–Kier alpha value is -4.32. The number of halogens is 1. The molecular formula is C35H49FN6O5. The Morgan fingerprint density at radius 1 is 0.915 bits per heavy atom. The van der Waals surface area contributed by atoms with E-state index >= 15 is 0 Å². The zero-order chi connectivity index (χ0) is 34.6. The number of H-pyrrole nitrogens is 1. The maximum Gasteiger partial charge on any atom is 0.410 e. The summed E-state index contributed by atoms with van der Waals surface area (Å²) < 4.78 is 19.7. The number of carbonyl (C=O) groups excluding carboxylic acids is 3. The molecule has 12 heteroatoms. The van der Waals surface area contributed by atoms with Gasteiger partial charge in [-0.15, -0.1) is 0 Å². The highest BCUT2D eigenvalue weighted by Gasteiger charge is 2.26. The minimum absolute atomic E-state index is 0.00390. The minimum atomic E-state index is -0.587. The number of piperazine rings is 2. The average molecular weight is 653 g/mol. The zero-order valence-electron chi connectivity index (χ0n) is 28.6. The summed E-state index contributed by atoms with van der Waals surface area (Å²) in [7, 11) is 0. The van der Waals surface area contributed by atoms with E-state index < -0.39 is 11.7 Å². The number of amides is 3. The molecule has 0 radical (unpaired) electrons. The number of likely N-dealkylation sites (N-methyl/N-ethyl adjacent to an activating group) is 1. The summed E-state index contributed by atoms with van der Waals surface area (Å²) >= 11 is 0. The second-order valence-electron chi connectivity index (χ2n) is 12.6. The van der Waals surface area contributed by atoms with E-state index in [0.717, 1.165) is 44.5 Å². The second kappa shape index (κ2) is 17.6. The van der Waals surface area contributed by atoms with Crippen LogP contribution in [0.5, 0.6) is 0 Å². The van der Waals surface area contributed by atoms with Gasteiger partial charge in [0.25, 0.3) is 11.5 Å². The summed E-state index contributed by atoms with van der Waals surface area (Å²) in [6.45, 7) is 18.2. The molecule has 0 saturated carbocycles. The third-order valence-electron chi connectivity index (χ3n) is 7.63. The van der Waals surface area contributed by atoms with Crippen LogP contribution in [0.4, 0.5) is 9.18 Å². The molecule has 0 aliphatic carbocycles. The Bertz CT molecular complexity index is 1540. The highest BCUT2D eigenvalue weighted by molar-refractivity contribution is 5.95. The lowest BCUT2D eigenvalue weighted by molar-refractivity contribution is -0.119. The van der Waals surface area contributed by atoms with Crippen molar-refractivity contribution < 1.29 is 23.5 Å². The molecule has 1 aromatic heterocycles. The van der Waals surface area contributed by atoms with Crippen LogP contribution in [0.3, 0.4) is 0 Å². The molecule has 5 rings (SSSR count). The van der Waals surface area contributed by atoms with E-state index in [1.54, 1.807) is 32.9 Å². The van der Waals surface area contributed by atoms with Crippen molar-refractivity contribution in [2.24, 2.45) is 0 Å². The number of nitrogens with one attached hydrogen (secondary N) is 1. The second-order valence-corrected chi connectivity index (χ2v) is 12.6. The molecule has 2 saturated heterocycles. The van der Waals surface area contributed by atoms with Gasteiger partial charge in [-0.2, -0.15) is 5.10 Å².